The van der Waals surface area contributed by atoms with Gasteiger partial charge >= 0.3 is 10.8 Å². The number of fused-ring (bicyclic) bond motifs is 9. The minimum Gasteiger partial charge on any atom is -0.493 e. The largest absolute Gasteiger partial charge is 0.493 e. The number of rotatable bonds is 10. The number of ether oxygens (including phenoxy) is 2. The van der Waals surface area contributed by atoms with Crippen LogP contribution >= 0.6 is 23.1 Å². The number of aromatic amines is 1. The molecule has 46 heavy (non-hydrogen) atoms. The number of imide groups is 1. The van der Waals surface area contributed by atoms with Crippen LogP contribution in [0.5, 0.6) is 11.5 Å². The van der Waals surface area contributed by atoms with Gasteiger partial charge in [-0.15, -0.1) is 11.8 Å². The number of nitrogens with one attached hydrogen (secondary N) is 2. The number of carboxylic acid groups (broad SMARTS) is 1. The summed E-state index contributed by atoms with van der Waals surface area (Å²) in [4.78, 5) is 68.5. The number of thioether (sulfide) groups is 1. The molecule has 2 aliphatic carbocycles. The van der Waals surface area contributed by atoms with Gasteiger partial charge in [0.25, 0.3) is 5.91 Å². The van der Waals surface area contributed by atoms with Gasteiger partial charge < -0.3 is 24.9 Å². The predicted octanol–water partition coefficient (Wildman–Crippen LogP) is 4.11. The molecule has 1 aromatic heterocycles. The van der Waals surface area contributed by atoms with Gasteiger partial charge in [0.05, 0.1) is 24.0 Å². The van der Waals surface area contributed by atoms with E-state index >= 15 is 0 Å². The summed E-state index contributed by atoms with van der Waals surface area (Å²) < 4.78 is 11.6. The Kier molecular flexibility index (Phi) is 7.92. The Balaban J connectivity index is 1.15. The Morgan fingerprint density at radius 3 is 2.50 bits per heavy atom. The average Bonchev–Trinajstić information content (AvgIpc) is 3.76. The van der Waals surface area contributed by atoms with Gasteiger partial charge in [0.2, 0.25) is 11.8 Å². The summed E-state index contributed by atoms with van der Waals surface area (Å²) in [5, 5.41) is 12.7. The lowest BCUT2D eigenvalue weighted by molar-refractivity contribution is -0.142. The highest BCUT2D eigenvalue weighted by Gasteiger charge is 2.69. The van der Waals surface area contributed by atoms with Gasteiger partial charge in [-0.25, -0.2) is 0 Å². The molecule has 2 aliphatic heterocycles. The molecule has 6 unspecified atom stereocenters. The van der Waals surface area contributed by atoms with E-state index in [9.17, 15) is 24.0 Å². The van der Waals surface area contributed by atoms with E-state index in [4.69, 9.17) is 14.6 Å². The van der Waals surface area contributed by atoms with Crippen LogP contribution in [0.25, 0.3) is 0 Å². The van der Waals surface area contributed by atoms with Gasteiger partial charge in [-0.05, 0) is 67.3 Å². The lowest BCUT2D eigenvalue weighted by Gasteiger charge is -2.43. The minimum atomic E-state index is -0.956. The fourth-order valence-electron chi connectivity index (χ4n) is 8.03. The predicted molar refractivity (Wildman–Crippen MR) is 170 cm³/mol. The van der Waals surface area contributed by atoms with Crippen molar-refractivity contribution in [2.45, 2.75) is 42.4 Å². The number of H-pyrrole nitrogens is 1. The van der Waals surface area contributed by atoms with Crippen molar-refractivity contribution in [2.24, 2.45) is 29.6 Å². The molecule has 3 fully saturated rings. The summed E-state index contributed by atoms with van der Waals surface area (Å²) in [6.07, 6.45) is 0.878. The molecule has 2 aromatic carbocycles. The van der Waals surface area contributed by atoms with Crippen LogP contribution in [-0.2, 0) is 19.2 Å². The van der Waals surface area contributed by atoms with Crippen molar-refractivity contribution >= 4 is 52.5 Å². The monoisotopic (exact) mass is 663 g/mol. The molecule has 11 nitrogen and oxygen atoms in total. The number of methoxy groups -OCH3 is 1. The second-order valence-electron chi connectivity index (χ2n) is 12.4. The van der Waals surface area contributed by atoms with E-state index in [-0.39, 0.29) is 77.5 Å². The zero-order valence-corrected chi connectivity index (χ0v) is 26.8. The first-order chi connectivity index (χ1) is 22.1. The third-order valence-corrected chi connectivity index (χ3v) is 12.4. The van der Waals surface area contributed by atoms with Crippen molar-refractivity contribution in [2.75, 3.05) is 25.6 Å². The Hall–Kier alpha value is -4.10. The molecule has 3 amide bonds. The van der Waals surface area contributed by atoms with Crippen LogP contribution in [0.3, 0.4) is 0 Å². The maximum atomic E-state index is 13.7. The fraction of sp³-hybridized carbons (Fsp3) is 0.424. The van der Waals surface area contributed by atoms with Crippen LogP contribution in [0.15, 0.2) is 52.3 Å². The van der Waals surface area contributed by atoms with Crippen molar-refractivity contribution in [3.63, 3.8) is 0 Å². The van der Waals surface area contributed by atoms with E-state index in [0.717, 1.165) is 27.5 Å². The summed E-state index contributed by atoms with van der Waals surface area (Å²) in [7, 11) is 1.53. The van der Waals surface area contributed by atoms with Crippen molar-refractivity contribution < 1.29 is 33.8 Å². The molecule has 7 rings (SSSR count). The van der Waals surface area contributed by atoms with Gasteiger partial charge in [-0.3, -0.25) is 28.9 Å². The molecule has 3 aromatic rings. The third kappa shape index (κ3) is 5.19. The Morgan fingerprint density at radius 1 is 1.04 bits per heavy atom. The number of aromatic nitrogens is 1. The number of thiazole rings is 1. The van der Waals surface area contributed by atoms with E-state index in [1.165, 1.54) is 23.3 Å². The number of hydrogen-bond acceptors (Lipinski definition) is 9. The van der Waals surface area contributed by atoms with E-state index in [2.05, 4.69) is 10.3 Å². The quantitative estimate of drug-likeness (QED) is 0.272. The molecule has 4 aliphatic rings. The molecule has 7 atom stereocenters. The van der Waals surface area contributed by atoms with Gasteiger partial charge in [0.1, 0.15) is 0 Å². The molecular weight excluding hydrogens is 631 g/mol. The molecule has 3 N–H and O–H groups in total. The molecule has 0 spiro atoms. The number of carboxylic acids is 1. The smallest absolute Gasteiger partial charge is 0.305 e. The molecule has 13 heteroatoms. The molecular formula is C33H33N3O8S2. The topological polar surface area (TPSA) is 155 Å². The van der Waals surface area contributed by atoms with Crippen LogP contribution in [0.4, 0.5) is 5.69 Å². The minimum absolute atomic E-state index is 0.00248. The number of benzene rings is 2. The number of hydrogen-bond donors (Lipinski definition) is 3. The molecule has 3 heterocycles. The molecule has 2 saturated carbocycles. The number of carbonyl (C=O) groups is 4. The first kappa shape index (κ1) is 30.5. The number of nitrogens with zero attached hydrogens (tertiary/aromatic N) is 1. The highest BCUT2D eigenvalue weighted by Crippen LogP contribution is 2.68. The Labute approximate surface area is 272 Å². The zero-order valence-electron chi connectivity index (χ0n) is 25.2. The number of aryl methyl sites for hydroxylation is 1. The Morgan fingerprint density at radius 2 is 1.78 bits per heavy atom. The van der Waals surface area contributed by atoms with Crippen LogP contribution in [0.1, 0.15) is 41.2 Å². The first-order valence-corrected chi connectivity index (χ1v) is 17.0. The van der Waals surface area contributed by atoms with Crippen molar-refractivity contribution in [1.82, 2.24) is 9.88 Å². The second-order valence-corrected chi connectivity index (χ2v) is 14.6. The maximum Gasteiger partial charge on any atom is 0.305 e. The number of aliphatic carboxylic acids is 1. The summed E-state index contributed by atoms with van der Waals surface area (Å²) in [6.45, 7) is 1.87. The first-order valence-electron chi connectivity index (χ1n) is 15.3. The maximum absolute atomic E-state index is 13.7. The number of carbonyl (C=O) groups excluding carboxylic acids is 3. The number of amides is 3. The van der Waals surface area contributed by atoms with E-state index in [0.29, 0.717) is 17.2 Å². The zero-order chi connectivity index (χ0) is 32.3. The normalized spacial score (nSPS) is 27.3. The van der Waals surface area contributed by atoms with Gasteiger partial charge in [0, 0.05) is 34.7 Å². The van der Waals surface area contributed by atoms with Crippen LogP contribution in [-0.4, -0.2) is 64.2 Å². The lowest BCUT2D eigenvalue weighted by atomic mass is 9.68. The average molecular weight is 664 g/mol. The SMILES string of the molecule is COc1cc([C@H]2c3sc(=O)[nH]c3SC3C4CC(C5C(=O)N(CCCC(=O)O)C(=O)C45)C32)ccc1OCC(=O)Nc1ccc(C)cc1. The fourth-order valence-corrected chi connectivity index (χ4v) is 10.9. The highest BCUT2D eigenvalue weighted by atomic mass is 32.2. The lowest BCUT2D eigenvalue weighted by Crippen LogP contribution is -2.42. The summed E-state index contributed by atoms with van der Waals surface area (Å²) in [5.41, 5.74) is 2.66. The van der Waals surface area contributed by atoms with E-state index in [1.807, 2.05) is 43.3 Å². The molecule has 0 radical (unpaired) electrons. The van der Waals surface area contributed by atoms with Crippen molar-refractivity contribution in [3.8, 4) is 11.5 Å². The summed E-state index contributed by atoms with van der Waals surface area (Å²) in [5.74, 6) is -1.97. The van der Waals surface area contributed by atoms with E-state index in [1.54, 1.807) is 17.8 Å². The standard InChI is InChI=1S/C33H33N3O8S2/c1-15-5-8-17(9-6-15)34-22(37)14-44-20-10-7-16(12-21(20)43-2)24-25-18-13-19(28(25)45-30-29(24)46-33(42)35-30)27-26(18)31(40)36(32(27)41)11-3-4-23(38)39/h5-10,12,18-19,24-28H,3-4,11,13-14H2,1-2H3,(H,34,37)(H,35,42)(H,38,39)/t18?,19?,24-,25?,26?,27?,28?/m1/s1. The summed E-state index contributed by atoms with van der Waals surface area (Å²) >= 11 is 2.77. The van der Waals surface area contributed by atoms with Crippen molar-refractivity contribution in [1.29, 1.82) is 0 Å². The third-order valence-electron chi connectivity index (χ3n) is 9.83. The van der Waals surface area contributed by atoms with Crippen LogP contribution in [0, 0.1) is 36.5 Å². The number of likely N-dealkylation sites (tertiary alicyclic amines) is 1. The number of anilines is 1. The van der Waals surface area contributed by atoms with Gasteiger partial charge in [-0.2, -0.15) is 0 Å². The van der Waals surface area contributed by atoms with Crippen molar-refractivity contribution in [3.05, 3.63) is 68.1 Å². The molecule has 1 saturated heterocycles. The Bertz CT molecular complexity index is 1790. The summed E-state index contributed by atoms with van der Waals surface area (Å²) in [6, 6.07) is 13.0. The molecule has 2 bridgehead atoms. The van der Waals surface area contributed by atoms with Gasteiger partial charge in [-0.1, -0.05) is 35.1 Å². The molecule has 240 valence electrons. The highest BCUT2D eigenvalue weighted by molar-refractivity contribution is 8.00. The van der Waals surface area contributed by atoms with E-state index < -0.39 is 17.8 Å². The van der Waals surface area contributed by atoms with Crippen LogP contribution in [0.2, 0.25) is 0 Å². The van der Waals surface area contributed by atoms with Crippen LogP contribution < -0.4 is 19.7 Å². The second kappa shape index (κ2) is 11.9. The van der Waals surface area contributed by atoms with Gasteiger partial charge in [0.15, 0.2) is 18.1 Å².